The molecule has 1 N–H and O–H groups in total. The maximum Gasteiger partial charge on any atom is 0.0911 e. The fourth-order valence-corrected chi connectivity index (χ4v) is 3.00. The van der Waals surface area contributed by atoms with Crippen LogP contribution in [0.25, 0.3) is 0 Å². The molecule has 0 bridgehead atoms. The normalized spacial score (nSPS) is 17.8. The van der Waals surface area contributed by atoms with E-state index in [1.165, 1.54) is 5.56 Å². The van der Waals surface area contributed by atoms with Crippen molar-refractivity contribution in [2.45, 2.75) is 25.0 Å². The SMILES string of the molecule is Clc1ccc(C2(NCn3cc(Cl)cn3)CCOCC2)cc1. The fraction of sp³-hybridized carbons (Fsp3) is 0.400. The van der Waals surface area contributed by atoms with E-state index in [-0.39, 0.29) is 5.54 Å². The van der Waals surface area contributed by atoms with Crippen LogP contribution in [0.4, 0.5) is 0 Å². The summed E-state index contributed by atoms with van der Waals surface area (Å²) >= 11 is 11.9. The number of aromatic nitrogens is 2. The molecule has 2 aromatic rings. The zero-order valence-electron chi connectivity index (χ0n) is 11.6. The van der Waals surface area contributed by atoms with Gasteiger partial charge in [-0.15, -0.1) is 0 Å². The quantitative estimate of drug-likeness (QED) is 0.935. The molecule has 1 fully saturated rings. The second-order valence-electron chi connectivity index (χ2n) is 5.23. The fourth-order valence-electron chi connectivity index (χ4n) is 2.71. The van der Waals surface area contributed by atoms with E-state index in [9.17, 15) is 0 Å². The van der Waals surface area contributed by atoms with E-state index < -0.39 is 0 Å². The van der Waals surface area contributed by atoms with Crippen LogP contribution in [0, 0.1) is 0 Å². The average molecular weight is 326 g/mol. The van der Waals surface area contributed by atoms with Gasteiger partial charge in [-0.1, -0.05) is 35.3 Å². The van der Waals surface area contributed by atoms with Crippen LogP contribution in [0.5, 0.6) is 0 Å². The smallest absolute Gasteiger partial charge is 0.0911 e. The highest BCUT2D eigenvalue weighted by Gasteiger charge is 2.33. The lowest BCUT2D eigenvalue weighted by atomic mass is 9.83. The lowest BCUT2D eigenvalue weighted by molar-refractivity contribution is 0.0325. The Morgan fingerprint density at radius 3 is 2.48 bits per heavy atom. The molecule has 0 spiro atoms. The maximum atomic E-state index is 6.00. The third kappa shape index (κ3) is 3.40. The van der Waals surface area contributed by atoms with E-state index in [1.54, 1.807) is 10.9 Å². The minimum absolute atomic E-state index is 0.110. The lowest BCUT2D eigenvalue weighted by Crippen LogP contribution is -2.47. The summed E-state index contributed by atoms with van der Waals surface area (Å²) in [7, 11) is 0. The first-order valence-electron chi connectivity index (χ1n) is 6.95. The van der Waals surface area contributed by atoms with Crippen molar-refractivity contribution in [1.82, 2.24) is 15.1 Å². The molecule has 1 aromatic heterocycles. The van der Waals surface area contributed by atoms with Crippen molar-refractivity contribution >= 4 is 23.2 Å². The van der Waals surface area contributed by atoms with Gasteiger partial charge in [0, 0.05) is 30.0 Å². The summed E-state index contributed by atoms with van der Waals surface area (Å²) in [6.07, 6.45) is 5.29. The van der Waals surface area contributed by atoms with Gasteiger partial charge in [-0.05, 0) is 30.5 Å². The highest BCUT2D eigenvalue weighted by molar-refractivity contribution is 6.30. The zero-order chi connectivity index (χ0) is 14.7. The zero-order valence-corrected chi connectivity index (χ0v) is 13.1. The molecule has 1 aromatic carbocycles. The van der Waals surface area contributed by atoms with Crippen molar-refractivity contribution < 1.29 is 4.74 Å². The first kappa shape index (κ1) is 14.9. The third-order valence-corrected chi connectivity index (χ3v) is 4.37. The summed E-state index contributed by atoms with van der Waals surface area (Å²) in [4.78, 5) is 0. The number of rotatable bonds is 4. The third-order valence-electron chi connectivity index (χ3n) is 3.92. The summed E-state index contributed by atoms with van der Waals surface area (Å²) in [6.45, 7) is 2.10. The van der Waals surface area contributed by atoms with Gasteiger partial charge in [0.15, 0.2) is 0 Å². The predicted molar refractivity (Wildman–Crippen MR) is 83.6 cm³/mol. The molecule has 4 nitrogen and oxygen atoms in total. The molecule has 0 saturated carbocycles. The summed E-state index contributed by atoms with van der Waals surface area (Å²) in [5.41, 5.74) is 1.12. The number of halogens is 2. The van der Waals surface area contributed by atoms with Crippen LogP contribution in [-0.4, -0.2) is 23.0 Å². The Kier molecular flexibility index (Phi) is 4.50. The number of nitrogens with zero attached hydrogens (tertiary/aromatic N) is 2. The Morgan fingerprint density at radius 1 is 1.14 bits per heavy atom. The Bertz CT molecular complexity index is 591. The van der Waals surface area contributed by atoms with Gasteiger partial charge in [-0.25, -0.2) is 0 Å². The number of ether oxygens (including phenoxy) is 1. The molecular formula is C15H17Cl2N3O. The van der Waals surface area contributed by atoms with Gasteiger partial charge in [0.25, 0.3) is 0 Å². The minimum Gasteiger partial charge on any atom is -0.381 e. The van der Waals surface area contributed by atoms with Crippen molar-refractivity contribution in [3.8, 4) is 0 Å². The standard InChI is InChI=1S/C15H17Cl2N3O/c16-13-3-1-12(2-4-13)15(5-7-21-8-6-15)18-11-20-10-14(17)9-19-20/h1-4,9-10,18H,5-8,11H2. The van der Waals surface area contributed by atoms with Crippen LogP contribution in [0.1, 0.15) is 18.4 Å². The summed E-state index contributed by atoms with van der Waals surface area (Å²) in [6, 6.07) is 8.02. The van der Waals surface area contributed by atoms with Crippen molar-refractivity contribution in [1.29, 1.82) is 0 Å². The van der Waals surface area contributed by atoms with Gasteiger partial charge in [-0.3, -0.25) is 10.00 Å². The molecule has 1 aliphatic heterocycles. The molecule has 6 heteroatoms. The van der Waals surface area contributed by atoms with Gasteiger partial charge in [0.1, 0.15) is 0 Å². The summed E-state index contributed by atoms with van der Waals surface area (Å²) < 4.78 is 7.32. The topological polar surface area (TPSA) is 39.1 Å². The molecule has 21 heavy (non-hydrogen) atoms. The lowest BCUT2D eigenvalue weighted by Gasteiger charge is -2.38. The molecule has 0 atom stereocenters. The van der Waals surface area contributed by atoms with E-state index in [0.29, 0.717) is 11.7 Å². The number of nitrogens with one attached hydrogen (secondary N) is 1. The van der Waals surface area contributed by atoms with Crippen molar-refractivity contribution in [3.63, 3.8) is 0 Å². The van der Waals surface area contributed by atoms with Gasteiger partial charge >= 0.3 is 0 Å². The van der Waals surface area contributed by atoms with Crippen molar-refractivity contribution in [2.75, 3.05) is 13.2 Å². The Balaban J connectivity index is 1.80. The largest absolute Gasteiger partial charge is 0.381 e. The van der Waals surface area contributed by atoms with E-state index in [0.717, 1.165) is 31.1 Å². The van der Waals surface area contributed by atoms with E-state index in [2.05, 4.69) is 22.5 Å². The van der Waals surface area contributed by atoms with Crippen LogP contribution in [0.2, 0.25) is 10.0 Å². The highest BCUT2D eigenvalue weighted by Crippen LogP contribution is 2.32. The van der Waals surface area contributed by atoms with Gasteiger partial charge in [0.05, 0.1) is 17.9 Å². The minimum atomic E-state index is -0.110. The molecule has 0 aliphatic carbocycles. The average Bonchev–Trinajstić information content (AvgIpc) is 2.92. The van der Waals surface area contributed by atoms with E-state index in [4.69, 9.17) is 27.9 Å². The van der Waals surface area contributed by atoms with E-state index in [1.807, 2.05) is 18.3 Å². The molecule has 0 unspecified atom stereocenters. The molecule has 1 saturated heterocycles. The van der Waals surface area contributed by atoms with Crippen molar-refractivity contribution in [2.24, 2.45) is 0 Å². The van der Waals surface area contributed by atoms with Crippen LogP contribution in [0.3, 0.4) is 0 Å². The molecule has 3 rings (SSSR count). The first-order valence-corrected chi connectivity index (χ1v) is 7.70. The molecule has 0 amide bonds. The molecule has 112 valence electrons. The number of hydrogen-bond acceptors (Lipinski definition) is 3. The maximum absolute atomic E-state index is 6.00. The monoisotopic (exact) mass is 325 g/mol. The van der Waals surface area contributed by atoms with Gasteiger partial charge in [-0.2, -0.15) is 5.10 Å². The van der Waals surface area contributed by atoms with Crippen LogP contribution in [0.15, 0.2) is 36.7 Å². The molecule has 0 radical (unpaired) electrons. The van der Waals surface area contributed by atoms with E-state index >= 15 is 0 Å². The Labute approximate surface area is 134 Å². The predicted octanol–water partition coefficient (Wildman–Crippen LogP) is 3.44. The van der Waals surface area contributed by atoms with Crippen LogP contribution in [-0.2, 0) is 16.9 Å². The highest BCUT2D eigenvalue weighted by atomic mass is 35.5. The summed E-state index contributed by atoms with van der Waals surface area (Å²) in [5, 5.41) is 9.22. The Hall–Kier alpha value is -1.07. The second kappa shape index (κ2) is 6.36. The molecular weight excluding hydrogens is 309 g/mol. The Morgan fingerprint density at radius 2 is 1.86 bits per heavy atom. The molecule has 2 heterocycles. The van der Waals surface area contributed by atoms with Crippen LogP contribution >= 0.6 is 23.2 Å². The number of benzene rings is 1. The van der Waals surface area contributed by atoms with Gasteiger partial charge in [0.2, 0.25) is 0 Å². The van der Waals surface area contributed by atoms with Crippen molar-refractivity contribution in [3.05, 3.63) is 52.3 Å². The summed E-state index contributed by atoms with van der Waals surface area (Å²) in [5.74, 6) is 0. The molecule has 1 aliphatic rings. The van der Waals surface area contributed by atoms with Crippen LogP contribution < -0.4 is 5.32 Å². The van der Waals surface area contributed by atoms with Gasteiger partial charge < -0.3 is 4.74 Å². The first-order chi connectivity index (χ1) is 10.2. The number of hydrogen-bond donors (Lipinski definition) is 1. The second-order valence-corrected chi connectivity index (χ2v) is 6.11.